The highest BCUT2D eigenvalue weighted by molar-refractivity contribution is 7.89. The third-order valence-corrected chi connectivity index (χ3v) is 7.83. The number of amides is 2. The molecular weight excluding hydrogens is 496 g/mol. The monoisotopic (exact) mass is 532 g/mol. The maximum atomic E-state index is 13.2. The highest BCUT2D eigenvalue weighted by atomic mass is 32.2. The summed E-state index contributed by atoms with van der Waals surface area (Å²) in [7, 11) is -4.05. The summed E-state index contributed by atoms with van der Waals surface area (Å²) in [5.74, 6) is -0.571. The third-order valence-electron chi connectivity index (χ3n) is 6.36. The lowest BCUT2D eigenvalue weighted by Crippen LogP contribution is -2.53. The molecule has 1 aliphatic heterocycles. The van der Waals surface area contributed by atoms with Crippen LogP contribution in [0.1, 0.15) is 38.5 Å². The normalized spacial score (nSPS) is 16.5. The van der Waals surface area contributed by atoms with Crippen molar-refractivity contribution in [2.75, 3.05) is 26.2 Å². The molecule has 202 valence electrons. The number of hydrogen-bond acceptors (Lipinski definition) is 6. The number of unbranched alkanes of at least 4 members (excludes halogenated alkanes) is 2. The lowest BCUT2D eigenvalue weighted by atomic mass is 10.1. The molecule has 0 unspecified atom stereocenters. The molecule has 1 fully saturated rings. The molecule has 7 N–H and O–H groups in total. The molecule has 2 aromatic rings. The third kappa shape index (κ3) is 8.14. The maximum Gasteiger partial charge on any atom is 0.243 e. The van der Waals surface area contributed by atoms with Gasteiger partial charge in [0.1, 0.15) is 6.04 Å². The fraction of sp³-hybridized carbons (Fsp3) is 0.480. The molecule has 1 saturated heterocycles. The number of nitrogens with two attached hydrogens (primary N) is 2. The van der Waals surface area contributed by atoms with Crippen LogP contribution in [-0.2, 0) is 19.6 Å². The van der Waals surface area contributed by atoms with Gasteiger partial charge in [-0.15, -0.1) is 0 Å². The summed E-state index contributed by atoms with van der Waals surface area (Å²) >= 11 is 0. The fourth-order valence-corrected chi connectivity index (χ4v) is 5.61. The standard InChI is InChI=1S/C25H36N6O5S/c26-25(27)28-13-5-1-2-10-23(33)29-16-20-9-6-14-31(20)24(34)22(17-32)30-37(35,36)21-12-11-18-7-3-4-8-19(18)15-21/h3-4,7-8,11-12,15,20,22,30,32H,1-2,5-6,9-10,13-14,16-17H2,(H,29,33)(H4,26,27,28)/t20-,22+/m0/s1. The Hall–Kier alpha value is -3.22. The van der Waals surface area contributed by atoms with Crippen molar-refractivity contribution in [1.82, 2.24) is 14.9 Å². The Balaban J connectivity index is 1.53. The van der Waals surface area contributed by atoms with Crippen LogP contribution in [-0.4, -0.2) is 74.5 Å². The molecule has 2 amide bonds. The van der Waals surface area contributed by atoms with E-state index in [-0.39, 0.29) is 29.3 Å². The first-order valence-corrected chi connectivity index (χ1v) is 13.9. The number of nitrogens with zero attached hydrogens (tertiary/aromatic N) is 2. The molecular formula is C25H36N6O5S. The van der Waals surface area contributed by atoms with Crippen molar-refractivity contribution in [3.05, 3.63) is 42.5 Å². The van der Waals surface area contributed by atoms with E-state index in [0.717, 1.165) is 30.0 Å². The molecule has 0 radical (unpaired) electrons. The Labute approximate surface area is 217 Å². The number of aliphatic imine (C=N–C) groups is 1. The molecule has 2 aromatic carbocycles. The van der Waals surface area contributed by atoms with Crippen molar-refractivity contribution in [3.63, 3.8) is 0 Å². The van der Waals surface area contributed by atoms with Gasteiger partial charge in [-0.2, -0.15) is 4.72 Å². The Kier molecular flexibility index (Phi) is 10.2. The van der Waals surface area contributed by atoms with Gasteiger partial charge in [-0.1, -0.05) is 36.8 Å². The first kappa shape index (κ1) is 28.4. The SMILES string of the molecule is NC(N)=NCCCCCC(=O)NC[C@@H]1CCCN1C(=O)[C@@H](CO)NS(=O)(=O)c1ccc2ccccc2c1. The minimum atomic E-state index is -4.05. The molecule has 37 heavy (non-hydrogen) atoms. The summed E-state index contributed by atoms with van der Waals surface area (Å²) in [6.45, 7) is 0.549. The van der Waals surface area contributed by atoms with E-state index in [0.29, 0.717) is 32.4 Å². The molecule has 0 bridgehead atoms. The number of nitrogens with one attached hydrogen (secondary N) is 2. The van der Waals surface area contributed by atoms with E-state index in [4.69, 9.17) is 11.5 Å². The van der Waals surface area contributed by atoms with Gasteiger partial charge >= 0.3 is 0 Å². The quantitative estimate of drug-likeness (QED) is 0.141. The van der Waals surface area contributed by atoms with Gasteiger partial charge in [0.15, 0.2) is 5.96 Å². The lowest BCUT2D eigenvalue weighted by molar-refractivity contribution is -0.135. The minimum Gasteiger partial charge on any atom is -0.394 e. The van der Waals surface area contributed by atoms with Gasteiger partial charge < -0.3 is 26.8 Å². The summed E-state index contributed by atoms with van der Waals surface area (Å²) in [5, 5.41) is 14.4. The number of sulfonamides is 1. The average molecular weight is 533 g/mol. The molecule has 0 aliphatic carbocycles. The molecule has 1 aliphatic rings. The number of likely N-dealkylation sites (tertiary alicyclic amines) is 1. The molecule has 2 atom stereocenters. The van der Waals surface area contributed by atoms with Crippen LogP contribution in [0.15, 0.2) is 52.4 Å². The molecule has 0 aromatic heterocycles. The van der Waals surface area contributed by atoms with E-state index in [2.05, 4.69) is 15.0 Å². The highest BCUT2D eigenvalue weighted by Gasteiger charge is 2.35. The second-order valence-electron chi connectivity index (χ2n) is 9.11. The van der Waals surface area contributed by atoms with Crippen molar-refractivity contribution in [2.24, 2.45) is 16.5 Å². The van der Waals surface area contributed by atoms with Gasteiger partial charge in [0, 0.05) is 32.1 Å². The average Bonchev–Trinajstić information content (AvgIpc) is 3.36. The predicted molar refractivity (Wildman–Crippen MR) is 142 cm³/mol. The first-order chi connectivity index (χ1) is 17.7. The number of fused-ring (bicyclic) bond motifs is 1. The number of carbonyl (C=O) groups is 2. The summed E-state index contributed by atoms with van der Waals surface area (Å²) in [5.41, 5.74) is 10.6. The van der Waals surface area contributed by atoms with Gasteiger partial charge in [-0.05, 0) is 48.6 Å². The predicted octanol–water partition coefficient (Wildman–Crippen LogP) is 0.420. The number of hydrogen-bond donors (Lipinski definition) is 5. The van der Waals surface area contributed by atoms with E-state index < -0.39 is 28.6 Å². The van der Waals surface area contributed by atoms with Crippen LogP contribution < -0.4 is 21.5 Å². The Morgan fingerprint density at radius 2 is 1.86 bits per heavy atom. The van der Waals surface area contributed by atoms with Crippen LogP contribution >= 0.6 is 0 Å². The van der Waals surface area contributed by atoms with Crippen molar-refractivity contribution >= 4 is 38.6 Å². The van der Waals surface area contributed by atoms with Gasteiger partial charge in [-0.25, -0.2) is 8.42 Å². The number of aliphatic hydroxyl groups excluding tert-OH is 1. The van der Waals surface area contributed by atoms with Gasteiger partial charge in [0.25, 0.3) is 0 Å². The van der Waals surface area contributed by atoms with Gasteiger partial charge in [0.2, 0.25) is 21.8 Å². The van der Waals surface area contributed by atoms with Crippen LogP contribution in [0, 0.1) is 0 Å². The highest BCUT2D eigenvalue weighted by Crippen LogP contribution is 2.21. The van der Waals surface area contributed by atoms with Crippen LogP contribution in [0.5, 0.6) is 0 Å². The van der Waals surface area contributed by atoms with Gasteiger partial charge in [-0.3, -0.25) is 14.6 Å². The Bertz CT molecular complexity index is 1220. The smallest absolute Gasteiger partial charge is 0.243 e. The first-order valence-electron chi connectivity index (χ1n) is 12.5. The van der Waals surface area contributed by atoms with Crippen LogP contribution in [0.4, 0.5) is 0 Å². The number of benzene rings is 2. The summed E-state index contributed by atoms with van der Waals surface area (Å²) in [6.07, 6.45) is 4.06. The van der Waals surface area contributed by atoms with Gasteiger partial charge in [0.05, 0.1) is 11.5 Å². The lowest BCUT2D eigenvalue weighted by Gasteiger charge is -2.28. The van der Waals surface area contributed by atoms with Crippen molar-refractivity contribution in [2.45, 2.75) is 55.5 Å². The van der Waals surface area contributed by atoms with E-state index in [9.17, 15) is 23.1 Å². The molecule has 3 rings (SSSR count). The van der Waals surface area contributed by atoms with Crippen LogP contribution in [0.2, 0.25) is 0 Å². The summed E-state index contributed by atoms with van der Waals surface area (Å²) < 4.78 is 28.3. The van der Waals surface area contributed by atoms with E-state index in [1.807, 2.05) is 18.2 Å². The molecule has 0 saturated carbocycles. The zero-order valence-corrected chi connectivity index (χ0v) is 21.6. The topological polar surface area (TPSA) is 180 Å². The number of guanidine groups is 1. The largest absolute Gasteiger partial charge is 0.394 e. The Morgan fingerprint density at radius 3 is 2.59 bits per heavy atom. The molecule has 0 spiro atoms. The molecule has 1 heterocycles. The van der Waals surface area contributed by atoms with E-state index in [1.54, 1.807) is 17.0 Å². The van der Waals surface area contributed by atoms with Crippen LogP contribution in [0.25, 0.3) is 10.8 Å². The number of carbonyl (C=O) groups excluding carboxylic acids is 2. The minimum absolute atomic E-state index is 0.0148. The number of aliphatic hydroxyl groups is 1. The van der Waals surface area contributed by atoms with Crippen LogP contribution in [0.3, 0.4) is 0 Å². The maximum absolute atomic E-state index is 13.2. The van der Waals surface area contributed by atoms with E-state index in [1.165, 1.54) is 12.1 Å². The summed E-state index contributed by atoms with van der Waals surface area (Å²) in [6, 6.07) is 10.5. The zero-order valence-electron chi connectivity index (χ0n) is 20.8. The van der Waals surface area contributed by atoms with Crippen molar-refractivity contribution in [3.8, 4) is 0 Å². The molecule has 12 heteroatoms. The second-order valence-corrected chi connectivity index (χ2v) is 10.8. The fourth-order valence-electron chi connectivity index (χ4n) is 4.40. The van der Waals surface area contributed by atoms with Crippen molar-refractivity contribution < 1.29 is 23.1 Å². The number of rotatable bonds is 13. The second kappa shape index (κ2) is 13.4. The molecule has 11 nitrogen and oxygen atoms in total. The van der Waals surface area contributed by atoms with E-state index >= 15 is 0 Å². The zero-order chi connectivity index (χ0) is 26.8. The van der Waals surface area contributed by atoms with Crippen molar-refractivity contribution in [1.29, 1.82) is 0 Å². The Morgan fingerprint density at radius 1 is 1.11 bits per heavy atom. The summed E-state index contributed by atoms with van der Waals surface area (Å²) in [4.78, 5) is 30.9.